The normalized spacial score (nSPS) is 13.2. The summed E-state index contributed by atoms with van der Waals surface area (Å²) in [5.41, 5.74) is 1.50. The van der Waals surface area contributed by atoms with E-state index in [1.807, 2.05) is 11.0 Å². The summed E-state index contributed by atoms with van der Waals surface area (Å²) in [4.78, 5) is 1.90. The number of aromatic amines is 1. The second-order valence-electron chi connectivity index (χ2n) is 4.92. The van der Waals surface area contributed by atoms with Crippen molar-refractivity contribution in [2.45, 2.75) is 12.5 Å². The standard InChI is InChI=1S/C14H20ClN3O3/c15-12-8-13-10(9-16-17-13)7-11(12)14(21)1-2-18(3-5-19)4-6-20/h7-9,14,19-21H,1-6H2,(H,16,17). The van der Waals surface area contributed by atoms with Crippen molar-refractivity contribution in [3.63, 3.8) is 0 Å². The molecule has 0 saturated carbocycles. The summed E-state index contributed by atoms with van der Waals surface area (Å²) in [6, 6.07) is 3.58. The quantitative estimate of drug-likeness (QED) is 0.582. The topological polar surface area (TPSA) is 92.6 Å². The summed E-state index contributed by atoms with van der Waals surface area (Å²) in [6.45, 7) is 1.57. The van der Waals surface area contributed by atoms with Crippen LogP contribution in [0.15, 0.2) is 18.3 Å². The van der Waals surface area contributed by atoms with E-state index in [4.69, 9.17) is 21.8 Å². The van der Waals surface area contributed by atoms with Crippen LogP contribution in [0, 0.1) is 0 Å². The van der Waals surface area contributed by atoms with Crippen molar-refractivity contribution in [3.8, 4) is 0 Å². The second kappa shape index (κ2) is 7.72. The summed E-state index contributed by atoms with van der Waals surface area (Å²) >= 11 is 6.19. The molecule has 4 N–H and O–H groups in total. The van der Waals surface area contributed by atoms with Crippen molar-refractivity contribution >= 4 is 22.5 Å². The van der Waals surface area contributed by atoms with Crippen molar-refractivity contribution in [2.24, 2.45) is 0 Å². The molecule has 2 aromatic rings. The lowest BCUT2D eigenvalue weighted by molar-refractivity contribution is 0.118. The lowest BCUT2D eigenvalue weighted by Crippen LogP contribution is -2.31. The highest BCUT2D eigenvalue weighted by molar-refractivity contribution is 6.32. The van der Waals surface area contributed by atoms with Gasteiger partial charge >= 0.3 is 0 Å². The highest BCUT2D eigenvalue weighted by Gasteiger charge is 2.15. The number of benzene rings is 1. The Morgan fingerprint density at radius 1 is 1.19 bits per heavy atom. The van der Waals surface area contributed by atoms with Crippen molar-refractivity contribution in [3.05, 3.63) is 28.9 Å². The first kappa shape index (κ1) is 16.2. The SMILES string of the molecule is OCCN(CCO)CCC(O)c1cc2cn[nH]c2cc1Cl. The molecule has 0 saturated heterocycles. The minimum atomic E-state index is -0.698. The van der Waals surface area contributed by atoms with Gasteiger partial charge in [-0.05, 0) is 24.1 Å². The van der Waals surface area contributed by atoms with Crippen LogP contribution in [0.3, 0.4) is 0 Å². The Kier molecular flexibility index (Phi) is 5.96. The van der Waals surface area contributed by atoms with E-state index in [1.54, 1.807) is 12.3 Å². The fourth-order valence-electron chi connectivity index (χ4n) is 2.32. The Hall–Kier alpha value is -1.18. The number of nitrogens with zero attached hydrogens (tertiary/aromatic N) is 2. The Bertz CT molecular complexity index is 570. The van der Waals surface area contributed by atoms with E-state index in [1.165, 1.54) is 0 Å². The van der Waals surface area contributed by atoms with E-state index < -0.39 is 6.10 Å². The van der Waals surface area contributed by atoms with E-state index in [0.29, 0.717) is 36.6 Å². The van der Waals surface area contributed by atoms with Gasteiger partial charge in [0.15, 0.2) is 0 Å². The molecule has 1 unspecified atom stereocenters. The van der Waals surface area contributed by atoms with Crippen molar-refractivity contribution in [1.82, 2.24) is 15.1 Å². The zero-order valence-corrected chi connectivity index (χ0v) is 12.4. The van der Waals surface area contributed by atoms with Gasteiger partial charge in [0.25, 0.3) is 0 Å². The van der Waals surface area contributed by atoms with Crippen LogP contribution < -0.4 is 0 Å². The van der Waals surface area contributed by atoms with Crippen LogP contribution >= 0.6 is 11.6 Å². The average molecular weight is 314 g/mol. The highest BCUT2D eigenvalue weighted by Crippen LogP contribution is 2.29. The predicted octanol–water partition coefficient (Wildman–Crippen LogP) is 0.926. The third-order valence-corrected chi connectivity index (χ3v) is 3.80. The molecule has 0 bridgehead atoms. The number of aromatic nitrogens is 2. The number of halogens is 1. The maximum Gasteiger partial charge on any atom is 0.0816 e. The summed E-state index contributed by atoms with van der Waals surface area (Å²) in [5.74, 6) is 0. The van der Waals surface area contributed by atoms with Crippen LogP contribution in [0.1, 0.15) is 18.1 Å². The molecule has 0 fully saturated rings. The van der Waals surface area contributed by atoms with Gasteiger partial charge in [-0.25, -0.2) is 0 Å². The molecule has 0 spiro atoms. The third kappa shape index (κ3) is 4.15. The first-order valence-electron chi connectivity index (χ1n) is 6.90. The summed E-state index contributed by atoms with van der Waals surface area (Å²) < 4.78 is 0. The number of nitrogens with one attached hydrogen (secondary N) is 1. The van der Waals surface area contributed by atoms with Crippen LogP contribution in [0.5, 0.6) is 0 Å². The lowest BCUT2D eigenvalue weighted by atomic mass is 10.0. The van der Waals surface area contributed by atoms with Crippen molar-refractivity contribution < 1.29 is 15.3 Å². The molecule has 0 radical (unpaired) electrons. The maximum atomic E-state index is 10.3. The largest absolute Gasteiger partial charge is 0.395 e. The fraction of sp³-hybridized carbons (Fsp3) is 0.500. The molecule has 21 heavy (non-hydrogen) atoms. The predicted molar refractivity (Wildman–Crippen MR) is 81.3 cm³/mol. The van der Waals surface area contributed by atoms with Gasteiger partial charge in [0.1, 0.15) is 0 Å². The third-order valence-electron chi connectivity index (χ3n) is 3.47. The first-order valence-corrected chi connectivity index (χ1v) is 7.28. The lowest BCUT2D eigenvalue weighted by Gasteiger charge is -2.22. The maximum absolute atomic E-state index is 10.3. The number of aliphatic hydroxyl groups is 3. The Morgan fingerprint density at radius 2 is 1.90 bits per heavy atom. The van der Waals surface area contributed by atoms with Crippen LogP contribution in [0.4, 0.5) is 0 Å². The first-order chi connectivity index (χ1) is 10.2. The molecule has 0 amide bonds. The molecule has 116 valence electrons. The Balaban J connectivity index is 2.03. The molecular weight excluding hydrogens is 294 g/mol. The fourth-order valence-corrected chi connectivity index (χ4v) is 2.61. The monoisotopic (exact) mass is 313 g/mol. The molecule has 1 aromatic heterocycles. The average Bonchev–Trinajstić information content (AvgIpc) is 2.91. The summed E-state index contributed by atoms with van der Waals surface area (Å²) in [5, 5.41) is 36.4. The number of fused-ring (bicyclic) bond motifs is 1. The highest BCUT2D eigenvalue weighted by atomic mass is 35.5. The summed E-state index contributed by atoms with van der Waals surface area (Å²) in [7, 11) is 0. The van der Waals surface area contributed by atoms with E-state index >= 15 is 0 Å². The number of hydrogen-bond donors (Lipinski definition) is 4. The molecule has 0 aliphatic carbocycles. The molecule has 7 heteroatoms. The van der Waals surface area contributed by atoms with Gasteiger partial charge in [-0.15, -0.1) is 0 Å². The van der Waals surface area contributed by atoms with Crippen LogP contribution in [-0.4, -0.2) is 63.3 Å². The Morgan fingerprint density at radius 3 is 2.57 bits per heavy atom. The number of H-pyrrole nitrogens is 1. The van der Waals surface area contributed by atoms with Gasteiger partial charge in [-0.1, -0.05) is 11.6 Å². The zero-order valence-electron chi connectivity index (χ0n) is 11.7. The van der Waals surface area contributed by atoms with Crippen LogP contribution in [-0.2, 0) is 0 Å². The van der Waals surface area contributed by atoms with E-state index in [0.717, 1.165) is 10.9 Å². The molecule has 1 heterocycles. The van der Waals surface area contributed by atoms with Gasteiger partial charge in [0.2, 0.25) is 0 Å². The molecule has 0 aliphatic heterocycles. The molecule has 6 nitrogen and oxygen atoms in total. The molecular formula is C14H20ClN3O3. The van der Waals surface area contributed by atoms with Gasteiger partial charge in [0.05, 0.1) is 31.0 Å². The van der Waals surface area contributed by atoms with Gasteiger partial charge < -0.3 is 15.3 Å². The van der Waals surface area contributed by atoms with E-state index in [-0.39, 0.29) is 13.2 Å². The summed E-state index contributed by atoms with van der Waals surface area (Å²) in [6.07, 6.45) is 1.46. The van der Waals surface area contributed by atoms with Gasteiger partial charge in [0, 0.05) is 30.0 Å². The number of aliphatic hydroxyl groups excluding tert-OH is 3. The zero-order chi connectivity index (χ0) is 15.2. The van der Waals surface area contributed by atoms with Gasteiger partial charge in [-0.2, -0.15) is 5.10 Å². The second-order valence-corrected chi connectivity index (χ2v) is 5.33. The minimum Gasteiger partial charge on any atom is -0.395 e. The molecule has 2 rings (SSSR count). The van der Waals surface area contributed by atoms with Gasteiger partial charge in [-0.3, -0.25) is 10.00 Å². The van der Waals surface area contributed by atoms with Crippen LogP contribution in [0.25, 0.3) is 10.9 Å². The molecule has 1 atom stereocenters. The molecule has 1 aromatic carbocycles. The van der Waals surface area contributed by atoms with E-state index in [9.17, 15) is 5.11 Å². The van der Waals surface area contributed by atoms with E-state index in [2.05, 4.69) is 10.2 Å². The van der Waals surface area contributed by atoms with Crippen molar-refractivity contribution in [2.75, 3.05) is 32.8 Å². The Labute approximate surface area is 128 Å². The molecule has 0 aliphatic rings. The smallest absolute Gasteiger partial charge is 0.0816 e. The van der Waals surface area contributed by atoms with Crippen LogP contribution in [0.2, 0.25) is 5.02 Å². The van der Waals surface area contributed by atoms with Crippen molar-refractivity contribution in [1.29, 1.82) is 0 Å². The number of rotatable bonds is 8. The number of hydrogen-bond acceptors (Lipinski definition) is 5. The minimum absolute atomic E-state index is 0.0256.